The standard InChI is InChI=1S/C19H20FN5O3S/c1-29(2,26)25-12-8-14(20)17-16(9-12)22-11-23-18(17)24-15-4-3-6-21-19(15)28-13-5-7-27-10-13/h3-4,6,8-9,11,13H,5,7,10H2,1-2H3,(H,22,23,24)/t13-/m1/s1. The Kier molecular flexibility index (Phi) is 5.29. The van der Waals surface area contributed by atoms with Crippen LogP contribution in [0.15, 0.2) is 41.2 Å². The number of benzene rings is 1. The Labute approximate surface area is 167 Å². The van der Waals surface area contributed by atoms with Gasteiger partial charge >= 0.3 is 0 Å². The molecular weight excluding hydrogens is 397 g/mol. The summed E-state index contributed by atoms with van der Waals surface area (Å²) in [6.07, 6.45) is 6.63. The van der Waals surface area contributed by atoms with Crippen LogP contribution in [0.2, 0.25) is 0 Å². The van der Waals surface area contributed by atoms with Crippen LogP contribution >= 0.6 is 0 Å². The smallest absolute Gasteiger partial charge is 0.238 e. The number of nitrogens with one attached hydrogen (secondary N) is 1. The first-order chi connectivity index (χ1) is 13.9. The number of fused-ring (bicyclic) bond motifs is 1. The van der Waals surface area contributed by atoms with Crippen molar-refractivity contribution in [3.63, 3.8) is 0 Å². The zero-order chi connectivity index (χ0) is 20.4. The molecule has 1 N–H and O–H groups in total. The summed E-state index contributed by atoms with van der Waals surface area (Å²) in [5.41, 5.74) is 1.17. The van der Waals surface area contributed by atoms with Crippen molar-refractivity contribution in [3.8, 4) is 5.88 Å². The van der Waals surface area contributed by atoms with Crippen molar-refractivity contribution in [1.82, 2.24) is 15.0 Å². The van der Waals surface area contributed by atoms with Gasteiger partial charge in [-0.25, -0.2) is 23.6 Å². The van der Waals surface area contributed by atoms with Crippen molar-refractivity contribution in [1.29, 1.82) is 0 Å². The van der Waals surface area contributed by atoms with Gasteiger partial charge in [0.05, 0.1) is 29.8 Å². The van der Waals surface area contributed by atoms with Crippen LogP contribution < -0.4 is 10.1 Å². The van der Waals surface area contributed by atoms with Gasteiger partial charge < -0.3 is 14.8 Å². The highest BCUT2D eigenvalue weighted by atomic mass is 32.2. The van der Waals surface area contributed by atoms with Gasteiger partial charge in [0.2, 0.25) is 5.88 Å². The molecule has 0 radical (unpaired) electrons. The lowest BCUT2D eigenvalue weighted by molar-refractivity contribution is 0.138. The second-order valence-electron chi connectivity index (χ2n) is 6.90. The largest absolute Gasteiger partial charge is 0.470 e. The van der Waals surface area contributed by atoms with E-state index in [0.29, 0.717) is 30.3 Å². The van der Waals surface area contributed by atoms with Gasteiger partial charge in [-0.2, -0.15) is 4.36 Å². The molecule has 1 aromatic carbocycles. The van der Waals surface area contributed by atoms with Crippen molar-refractivity contribution < 1.29 is 18.1 Å². The summed E-state index contributed by atoms with van der Waals surface area (Å²) in [6, 6.07) is 6.32. The first kappa shape index (κ1) is 19.5. The fourth-order valence-electron chi connectivity index (χ4n) is 3.00. The van der Waals surface area contributed by atoms with Crippen molar-refractivity contribution in [3.05, 3.63) is 42.6 Å². The molecule has 8 nitrogen and oxygen atoms in total. The maximum atomic E-state index is 14.9. The van der Waals surface area contributed by atoms with Gasteiger partial charge in [0, 0.05) is 40.9 Å². The third kappa shape index (κ3) is 4.60. The van der Waals surface area contributed by atoms with E-state index >= 15 is 0 Å². The monoisotopic (exact) mass is 417 g/mol. The molecule has 0 spiro atoms. The van der Waals surface area contributed by atoms with E-state index in [0.717, 1.165) is 6.42 Å². The van der Waals surface area contributed by atoms with Crippen LogP contribution in [-0.2, 0) is 14.5 Å². The van der Waals surface area contributed by atoms with Gasteiger partial charge in [-0.15, -0.1) is 0 Å². The number of aromatic nitrogens is 3. The number of nitrogens with zero attached hydrogens (tertiary/aromatic N) is 4. The van der Waals surface area contributed by atoms with Crippen LogP contribution in [0.4, 0.5) is 21.6 Å². The second kappa shape index (κ2) is 7.88. The van der Waals surface area contributed by atoms with Crippen LogP contribution in [0.5, 0.6) is 5.88 Å². The van der Waals surface area contributed by atoms with E-state index < -0.39 is 15.5 Å². The normalized spacial score (nSPS) is 16.7. The van der Waals surface area contributed by atoms with Gasteiger partial charge in [-0.1, -0.05) is 0 Å². The van der Waals surface area contributed by atoms with E-state index in [-0.39, 0.29) is 23.0 Å². The van der Waals surface area contributed by atoms with Gasteiger partial charge in [0.1, 0.15) is 29.8 Å². The summed E-state index contributed by atoms with van der Waals surface area (Å²) in [7, 11) is -2.42. The second-order valence-corrected chi connectivity index (χ2v) is 9.45. The highest BCUT2D eigenvalue weighted by Gasteiger charge is 2.20. The molecule has 0 amide bonds. The van der Waals surface area contributed by atoms with Gasteiger partial charge in [-0.3, -0.25) is 0 Å². The number of rotatable bonds is 5. The minimum absolute atomic E-state index is 0.0774. The van der Waals surface area contributed by atoms with Crippen molar-refractivity contribution in [2.24, 2.45) is 4.36 Å². The third-order valence-corrected chi connectivity index (χ3v) is 4.84. The molecule has 1 aliphatic heterocycles. The predicted molar refractivity (Wildman–Crippen MR) is 109 cm³/mol. The minimum atomic E-state index is -2.42. The van der Waals surface area contributed by atoms with Crippen LogP contribution in [0, 0.1) is 5.82 Å². The minimum Gasteiger partial charge on any atom is -0.470 e. The highest BCUT2D eigenvalue weighted by molar-refractivity contribution is 7.92. The molecule has 152 valence electrons. The van der Waals surface area contributed by atoms with Crippen molar-refractivity contribution in [2.75, 3.05) is 31.0 Å². The van der Waals surface area contributed by atoms with Crippen molar-refractivity contribution >= 4 is 37.8 Å². The molecule has 1 atom stereocenters. The van der Waals surface area contributed by atoms with E-state index in [4.69, 9.17) is 9.47 Å². The Balaban J connectivity index is 1.71. The first-order valence-corrected chi connectivity index (χ1v) is 11.3. The molecule has 0 bridgehead atoms. The molecule has 29 heavy (non-hydrogen) atoms. The maximum Gasteiger partial charge on any atom is 0.238 e. The number of pyridine rings is 1. The topological polar surface area (TPSA) is 98.6 Å². The lowest BCUT2D eigenvalue weighted by Crippen LogP contribution is -2.17. The zero-order valence-corrected chi connectivity index (χ0v) is 16.8. The lowest BCUT2D eigenvalue weighted by atomic mass is 10.2. The number of hydrogen-bond donors (Lipinski definition) is 1. The molecule has 1 saturated heterocycles. The van der Waals surface area contributed by atoms with Crippen LogP contribution in [-0.4, -0.2) is 51.0 Å². The Morgan fingerprint density at radius 3 is 2.93 bits per heavy atom. The molecule has 10 heteroatoms. The predicted octanol–water partition coefficient (Wildman–Crippen LogP) is 3.43. The number of hydrogen-bond acceptors (Lipinski definition) is 8. The molecule has 2 aromatic heterocycles. The SMILES string of the molecule is CS(C)(=O)=Nc1cc(F)c2c(Nc3cccnc3O[C@@H]3CCOC3)ncnc2c1. The van der Waals surface area contributed by atoms with E-state index in [2.05, 4.69) is 24.6 Å². The molecule has 1 fully saturated rings. The molecule has 0 aliphatic carbocycles. The Morgan fingerprint density at radius 1 is 1.31 bits per heavy atom. The Morgan fingerprint density at radius 2 is 2.17 bits per heavy atom. The van der Waals surface area contributed by atoms with Crippen LogP contribution in [0.1, 0.15) is 6.42 Å². The number of anilines is 2. The first-order valence-electron chi connectivity index (χ1n) is 8.97. The number of halogens is 1. The Hall–Kier alpha value is -2.85. The summed E-state index contributed by atoms with van der Waals surface area (Å²) in [5, 5.41) is 3.29. The summed E-state index contributed by atoms with van der Waals surface area (Å²) < 4.78 is 42.1. The molecule has 0 saturated carbocycles. The van der Waals surface area contributed by atoms with E-state index in [9.17, 15) is 8.60 Å². The fourth-order valence-corrected chi connectivity index (χ4v) is 3.61. The number of ether oxygens (including phenoxy) is 2. The molecule has 4 rings (SSSR count). The molecular formula is C19H20FN5O3S. The van der Waals surface area contributed by atoms with E-state index in [1.54, 1.807) is 24.4 Å². The quantitative estimate of drug-likeness (QED) is 0.679. The highest BCUT2D eigenvalue weighted by Crippen LogP contribution is 2.32. The summed E-state index contributed by atoms with van der Waals surface area (Å²) in [5.74, 6) is 0.0929. The van der Waals surface area contributed by atoms with Crippen LogP contribution in [0.25, 0.3) is 10.9 Å². The summed E-state index contributed by atoms with van der Waals surface area (Å²) in [4.78, 5) is 12.6. The fraction of sp³-hybridized carbons (Fsp3) is 0.316. The zero-order valence-electron chi connectivity index (χ0n) is 16.0. The summed E-state index contributed by atoms with van der Waals surface area (Å²) in [6.45, 7) is 1.16. The van der Waals surface area contributed by atoms with E-state index in [1.807, 2.05) is 0 Å². The van der Waals surface area contributed by atoms with Gasteiger partial charge in [0.15, 0.2) is 0 Å². The maximum absolute atomic E-state index is 14.9. The Bertz CT molecular complexity index is 1170. The third-order valence-electron chi connectivity index (χ3n) is 4.19. The lowest BCUT2D eigenvalue weighted by Gasteiger charge is -2.15. The van der Waals surface area contributed by atoms with Crippen molar-refractivity contribution in [2.45, 2.75) is 12.5 Å². The molecule has 3 aromatic rings. The molecule has 3 heterocycles. The average molecular weight is 417 g/mol. The van der Waals surface area contributed by atoms with E-state index in [1.165, 1.54) is 24.9 Å². The summed E-state index contributed by atoms with van der Waals surface area (Å²) >= 11 is 0. The van der Waals surface area contributed by atoms with Gasteiger partial charge in [-0.05, 0) is 18.2 Å². The van der Waals surface area contributed by atoms with Crippen LogP contribution in [0.3, 0.4) is 0 Å². The molecule has 1 aliphatic rings. The average Bonchev–Trinajstić information content (AvgIpc) is 3.15. The van der Waals surface area contributed by atoms with Gasteiger partial charge in [0.25, 0.3) is 0 Å². The molecule has 0 unspecified atom stereocenters.